The van der Waals surface area contributed by atoms with Crippen molar-refractivity contribution in [2.24, 2.45) is 5.41 Å². The third-order valence-electron chi connectivity index (χ3n) is 5.74. The summed E-state index contributed by atoms with van der Waals surface area (Å²) >= 11 is 0. The number of aliphatic hydroxyl groups excluding tert-OH is 1. The number of rotatable bonds is 3. The fourth-order valence-corrected chi connectivity index (χ4v) is 4.20. The Labute approximate surface area is 172 Å². The molecule has 7 heteroatoms. The van der Waals surface area contributed by atoms with Gasteiger partial charge in [0.15, 0.2) is 0 Å². The van der Waals surface area contributed by atoms with Crippen LogP contribution in [0.15, 0.2) is 30.3 Å². The van der Waals surface area contributed by atoms with Crippen LogP contribution in [-0.4, -0.2) is 65.0 Å². The summed E-state index contributed by atoms with van der Waals surface area (Å²) in [4.78, 5) is 28.4. The van der Waals surface area contributed by atoms with E-state index >= 15 is 0 Å². The SMILES string of the molecule is CC(C)(C)OC(=O)N1CCC2(CC1)C[C@@H](CO)N(C(=O)OCc1ccccc1)C2. The van der Waals surface area contributed by atoms with Gasteiger partial charge in [0.25, 0.3) is 0 Å². The van der Waals surface area contributed by atoms with Crippen molar-refractivity contribution >= 4 is 12.2 Å². The fraction of sp³-hybridized carbons (Fsp3) is 0.636. The number of carbonyl (C=O) groups excluding carboxylic acids is 2. The Morgan fingerprint density at radius 3 is 2.38 bits per heavy atom. The third kappa shape index (κ3) is 5.41. The van der Waals surface area contributed by atoms with Gasteiger partial charge < -0.3 is 24.4 Å². The van der Waals surface area contributed by atoms with Gasteiger partial charge in [-0.15, -0.1) is 0 Å². The number of benzene rings is 1. The predicted molar refractivity (Wildman–Crippen MR) is 108 cm³/mol. The van der Waals surface area contributed by atoms with Crippen molar-refractivity contribution < 1.29 is 24.2 Å². The molecule has 1 atom stereocenters. The second-order valence-corrected chi connectivity index (χ2v) is 9.18. The van der Waals surface area contributed by atoms with Gasteiger partial charge in [0.1, 0.15) is 12.2 Å². The second kappa shape index (κ2) is 8.61. The minimum atomic E-state index is -0.513. The molecule has 0 saturated carbocycles. The standard InChI is InChI=1S/C22H32N2O5/c1-21(2,3)29-19(26)23-11-9-22(10-12-23)13-18(14-25)24(16-22)20(27)28-15-17-7-5-4-6-8-17/h4-8,18,25H,9-16H2,1-3H3/t18-/m0/s1. The van der Waals surface area contributed by atoms with Crippen LogP contribution in [0.4, 0.5) is 9.59 Å². The molecule has 0 aliphatic carbocycles. The molecule has 1 aromatic rings. The van der Waals surface area contributed by atoms with Crippen molar-refractivity contribution in [2.45, 2.75) is 58.3 Å². The molecular weight excluding hydrogens is 372 g/mol. The molecule has 160 valence electrons. The van der Waals surface area contributed by atoms with E-state index < -0.39 is 5.60 Å². The second-order valence-electron chi connectivity index (χ2n) is 9.18. The van der Waals surface area contributed by atoms with E-state index in [0.29, 0.717) is 19.6 Å². The number of hydrogen-bond acceptors (Lipinski definition) is 5. The average Bonchev–Trinajstić information content (AvgIpc) is 3.04. The van der Waals surface area contributed by atoms with Gasteiger partial charge in [-0.25, -0.2) is 9.59 Å². The molecule has 29 heavy (non-hydrogen) atoms. The van der Waals surface area contributed by atoms with Gasteiger partial charge in [0, 0.05) is 19.6 Å². The molecule has 2 amide bonds. The van der Waals surface area contributed by atoms with Crippen LogP contribution in [0.2, 0.25) is 0 Å². The molecule has 2 saturated heterocycles. The van der Waals surface area contributed by atoms with Gasteiger partial charge in [-0.2, -0.15) is 0 Å². The number of piperidine rings is 1. The van der Waals surface area contributed by atoms with Gasteiger partial charge in [0.05, 0.1) is 12.6 Å². The van der Waals surface area contributed by atoms with E-state index in [4.69, 9.17) is 9.47 Å². The van der Waals surface area contributed by atoms with Crippen LogP contribution in [0, 0.1) is 5.41 Å². The minimum Gasteiger partial charge on any atom is -0.445 e. The number of likely N-dealkylation sites (tertiary alicyclic amines) is 2. The molecule has 7 nitrogen and oxygen atoms in total. The van der Waals surface area contributed by atoms with Crippen LogP contribution in [0.3, 0.4) is 0 Å². The first-order chi connectivity index (χ1) is 13.7. The summed E-state index contributed by atoms with van der Waals surface area (Å²) in [5, 5.41) is 9.82. The van der Waals surface area contributed by atoms with Crippen molar-refractivity contribution in [2.75, 3.05) is 26.2 Å². The summed E-state index contributed by atoms with van der Waals surface area (Å²) in [5.74, 6) is 0. The van der Waals surface area contributed by atoms with E-state index in [1.165, 1.54) is 0 Å². The molecule has 0 bridgehead atoms. The van der Waals surface area contributed by atoms with Gasteiger partial charge in [-0.3, -0.25) is 0 Å². The molecule has 1 N–H and O–H groups in total. The van der Waals surface area contributed by atoms with Crippen LogP contribution >= 0.6 is 0 Å². The van der Waals surface area contributed by atoms with Crippen LogP contribution in [0.25, 0.3) is 0 Å². The molecule has 2 heterocycles. The Morgan fingerprint density at radius 2 is 1.79 bits per heavy atom. The smallest absolute Gasteiger partial charge is 0.410 e. The van der Waals surface area contributed by atoms with Crippen LogP contribution in [0.1, 0.15) is 45.6 Å². The highest BCUT2D eigenvalue weighted by Crippen LogP contribution is 2.43. The summed E-state index contributed by atoms with van der Waals surface area (Å²) in [6, 6.07) is 9.31. The minimum absolute atomic E-state index is 0.0854. The van der Waals surface area contributed by atoms with Gasteiger partial charge >= 0.3 is 12.2 Å². The number of carbonyl (C=O) groups is 2. The molecule has 2 aliphatic rings. The molecule has 2 fully saturated rings. The maximum Gasteiger partial charge on any atom is 0.410 e. The maximum absolute atomic E-state index is 12.7. The monoisotopic (exact) mass is 404 g/mol. The zero-order valence-corrected chi connectivity index (χ0v) is 17.6. The zero-order chi connectivity index (χ0) is 21.1. The van der Waals surface area contributed by atoms with Crippen molar-refractivity contribution in [3.63, 3.8) is 0 Å². The number of hydrogen-bond donors (Lipinski definition) is 1. The van der Waals surface area contributed by atoms with Crippen LogP contribution in [-0.2, 0) is 16.1 Å². The average molecular weight is 405 g/mol. The Hall–Kier alpha value is -2.28. The molecule has 0 unspecified atom stereocenters. The van der Waals surface area contributed by atoms with E-state index in [1.54, 1.807) is 9.80 Å². The molecular formula is C22H32N2O5. The van der Waals surface area contributed by atoms with E-state index in [1.807, 2.05) is 51.1 Å². The topological polar surface area (TPSA) is 79.3 Å². The van der Waals surface area contributed by atoms with Crippen LogP contribution < -0.4 is 0 Å². The molecule has 0 aromatic heterocycles. The lowest BCUT2D eigenvalue weighted by Crippen LogP contribution is -2.46. The highest BCUT2D eigenvalue weighted by molar-refractivity contribution is 5.69. The van der Waals surface area contributed by atoms with E-state index in [0.717, 1.165) is 24.8 Å². The molecule has 1 spiro atoms. The summed E-state index contributed by atoms with van der Waals surface area (Å²) in [7, 11) is 0. The van der Waals surface area contributed by atoms with Crippen LogP contribution in [0.5, 0.6) is 0 Å². The van der Waals surface area contributed by atoms with Gasteiger partial charge in [0.2, 0.25) is 0 Å². The summed E-state index contributed by atoms with van der Waals surface area (Å²) < 4.78 is 10.9. The number of nitrogens with zero attached hydrogens (tertiary/aromatic N) is 2. The van der Waals surface area contributed by atoms with Gasteiger partial charge in [-0.05, 0) is 51.0 Å². The van der Waals surface area contributed by atoms with E-state index in [2.05, 4.69) is 0 Å². The highest BCUT2D eigenvalue weighted by Gasteiger charge is 2.48. The number of aliphatic hydroxyl groups is 1. The predicted octanol–water partition coefficient (Wildman–Crippen LogP) is 3.41. The lowest BCUT2D eigenvalue weighted by atomic mass is 9.77. The van der Waals surface area contributed by atoms with Crippen molar-refractivity contribution in [3.05, 3.63) is 35.9 Å². The van der Waals surface area contributed by atoms with Crippen molar-refractivity contribution in [1.82, 2.24) is 9.80 Å². The van der Waals surface area contributed by atoms with E-state index in [9.17, 15) is 14.7 Å². The van der Waals surface area contributed by atoms with E-state index in [-0.39, 0.29) is 36.9 Å². The Morgan fingerprint density at radius 1 is 1.14 bits per heavy atom. The summed E-state index contributed by atoms with van der Waals surface area (Å²) in [6.45, 7) is 7.45. The summed E-state index contributed by atoms with van der Waals surface area (Å²) in [5.41, 5.74) is 0.333. The molecule has 1 aromatic carbocycles. The molecule has 3 rings (SSSR count). The van der Waals surface area contributed by atoms with Crippen molar-refractivity contribution in [1.29, 1.82) is 0 Å². The van der Waals surface area contributed by atoms with Gasteiger partial charge in [-0.1, -0.05) is 30.3 Å². The first-order valence-corrected chi connectivity index (χ1v) is 10.3. The lowest BCUT2D eigenvalue weighted by Gasteiger charge is -2.39. The Bertz CT molecular complexity index is 708. The lowest BCUT2D eigenvalue weighted by molar-refractivity contribution is 0.0106. The first kappa shape index (κ1) is 21.4. The maximum atomic E-state index is 12.7. The Kier molecular flexibility index (Phi) is 6.36. The molecule has 0 radical (unpaired) electrons. The zero-order valence-electron chi connectivity index (χ0n) is 17.6. The first-order valence-electron chi connectivity index (χ1n) is 10.3. The number of ether oxygens (including phenoxy) is 2. The molecule has 2 aliphatic heterocycles. The largest absolute Gasteiger partial charge is 0.445 e. The van der Waals surface area contributed by atoms with Crippen molar-refractivity contribution in [3.8, 4) is 0 Å². The quantitative estimate of drug-likeness (QED) is 0.835. The third-order valence-corrected chi connectivity index (χ3v) is 5.74. The normalized spacial score (nSPS) is 21.3. The Balaban J connectivity index is 1.56. The highest BCUT2D eigenvalue weighted by atomic mass is 16.6. The summed E-state index contributed by atoms with van der Waals surface area (Å²) in [6.07, 6.45) is 1.62. The fourth-order valence-electron chi connectivity index (χ4n) is 4.20. The number of amides is 2.